The monoisotopic (exact) mass is 284 g/mol. The number of nitro groups is 1. The molecule has 0 radical (unpaired) electrons. The quantitative estimate of drug-likeness (QED) is 0.362. The summed E-state index contributed by atoms with van der Waals surface area (Å²) in [6.45, 7) is -0.0249. The molecule has 3 aliphatic rings. The Morgan fingerprint density at radius 1 is 1.33 bits per heavy atom. The van der Waals surface area contributed by atoms with Crippen molar-refractivity contribution in [3.05, 3.63) is 39.9 Å². The highest BCUT2D eigenvalue weighted by Crippen LogP contribution is 2.53. The minimum atomic E-state index is -0.745. The molecule has 2 heterocycles. The Labute approximate surface area is 120 Å². The van der Waals surface area contributed by atoms with Crippen LogP contribution in [-0.2, 0) is 15.0 Å². The maximum absolute atomic E-state index is 12.6. The van der Waals surface area contributed by atoms with E-state index in [2.05, 4.69) is 5.92 Å². The number of non-ortho nitro benzene ring substituents is 1. The predicted octanol–water partition coefficient (Wildman–Crippen LogP) is 1.24. The largest absolute Gasteiger partial charge is 0.274 e. The second kappa shape index (κ2) is 4.42. The van der Waals surface area contributed by atoms with Crippen LogP contribution in [0.2, 0.25) is 0 Å². The number of nitrogens with zero attached hydrogens (tertiary/aromatic N) is 2. The maximum atomic E-state index is 12.6. The highest BCUT2D eigenvalue weighted by Gasteiger charge is 2.61. The van der Waals surface area contributed by atoms with Crippen LogP contribution in [0.1, 0.15) is 18.4 Å². The van der Waals surface area contributed by atoms with Crippen LogP contribution < -0.4 is 0 Å². The Kier molecular flexibility index (Phi) is 2.80. The van der Waals surface area contributed by atoms with E-state index in [1.54, 1.807) is 12.1 Å². The first-order valence-electron chi connectivity index (χ1n) is 6.54. The summed E-state index contributed by atoms with van der Waals surface area (Å²) >= 11 is 0. The fourth-order valence-corrected chi connectivity index (χ4v) is 3.21. The molecule has 3 fully saturated rings. The molecule has 0 N–H and O–H groups in total. The van der Waals surface area contributed by atoms with Crippen LogP contribution in [-0.4, -0.2) is 28.2 Å². The molecule has 4 rings (SSSR count). The van der Waals surface area contributed by atoms with Crippen molar-refractivity contribution in [2.75, 3.05) is 6.54 Å². The van der Waals surface area contributed by atoms with Gasteiger partial charge in [0.05, 0.1) is 16.9 Å². The molecule has 21 heavy (non-hydrogen) atoms. The molecular weight excluding hydrogens is 272 g/mol. The standard InChI is InChI=1S/C15H12N2O4/c1-2-7-16-13(18)10-8-15(9-10,14(16)19)11-3-5-12(6-4-11)17(20)21/h1,3-6,10H,7-9H2. The molecule has 6 heteroatoms. The van der Waals surface area contributed by atoms with E-state index in [4.69, 9.17) is 6.42 Å². The van der Waals surface area contributed by atoms with Crippen LogP contribution in [0.15, 0.2) is 24.3 Å². The number of rotatable bonds is 3. The van der Waals surface area contributed by atoms with Crippen LogP contribution in [0, 0.1) is 28.4 Å². The van der Waals surface area contributed by atoms with Gasteiger partial charge in [-0.1, -0.05) is 18.1 Å². The lowest BCUT2D eigenvalue weighted by Crippen LogP contribution is -2.65. The summed E-state index contributed by atoms with van der Waals surface area (Å²) in [5, 5.41) is 10.7. The zero-order valence-corrected chi connectivity index (χ0v) is 11.1. The second-order valence-corrected chi connectivity index (χ2v) is 5.42. The lowest BCUT2D eigenvalue weighted by Gasteiger charge is -2.53. The third-order valence-corrected chi connectivity index (χ3v) is 4.34. The van der Waals surface area contributed by atoms with E-state index in [1.807, 2.05) is 0 Å². The van der Waals surface area contributed by atoms with Gasteiger partial charge in [0.25, 0.3) is 5.69 Å². The van der Waals surface area contributed by atoms with Gasteiger partial charge in [0.2, 0.25) is 11.8 Å². The topological polar surface area (TPSA) is 80.5 Å². The van der Waals surface area contributed by atoms with Gasteiger partial charge in [0.1, 0.15) is 0 Å². The van der Waals surface area contributed by atoms with Crippen LogP contribution in [0.4, 0.5) is 5.69 Å². The molecule has 1 aromatic carbocycles. The van der Waals surface area contributed by atoms with Crippen molar-refractivity contribution in [2.24, 2.45) is 5.92 Å². The van der Waals surface area contributed by atoms with Gasteiger partial charge in [0, 0.05) is 18.1 Å². The van der Waals surface area contributed by atoms with Crippen molar-refractivity contribution < 1.29 is 14.5 Å². The number of imide groups is 1. The number of hydrogen-bond donors (Lipinski definition) is 0. The molecule has 1 aromatic rings. The van der Waals surface area contributed by atoms with Crippen molar-refractivity contribution >= 4 is 17.5 Å². The third kappa shape index (κ3) is 1.74. The van der Waals surface area contributed by atoms with E-state index in [0.717, 1.165) is 4.90 Å². The van der Waals surface area contributed by atoms with Crippen molar-refractivity contribution in [1.29, 1.82) is 0 Å². The molecule has 1 saturated carbocycles. The number of piperidine rings is 2. The van der Waals surface area contributed by atoms with Gasteiger partial charge < -0.3 is 0 Å². The summed E-state index contributed by atoms with van der Waals surface area (Å²) in [4.78, 5) is 35.9. The highest BCUT2D eigenvalue weighted by atomic mass is 16.6. The molecule has 0 aromatic heterocycles. The summed E-state index contributed by atoms with van der Waals surface area (Å²) in [5.41, 5.74) is -0.0559. The minimum Gasteiger partial charge on any atom is -0.274 e. The molecule has 0 spiro atoms. The fraction of sp³-hybridized carbons (Fsp3) is 0.333. The average molecular weight is 284 g/mol. The van der Waals surface area contributed by atoms with Gasteiger partial charge in [-0.3, -0.25) is 24.6 Å². The van der Waals surface area contributed by atoms with Crippen LogP contribution in [0.25, 0.3) is 0 Å². The van der Waals surface area contributed by atoms with Gasteiger partial charge >= 0.3 is 0 Å². The van der Waals surface area contributed by atoms with E-state index in [-0.39, 0.29) is 30.0 Å². The Balaban J connectivity index is 1.95. The molecule has 2 bridgehead atoms. The molecule has 2 amide bonds. The van der Waals surface area contributed by atoms with Crippen molar-refractivity contribution in [3.63, 3.8) is 0 Å². The highest BCUT2D eigenvalue weighted by molar-refractivity contribution is 6.08. The Bertz CT molecular complexity index is 681. The number of carbonyl (C=O) groups excluding carboxylic acids is 2. The normalized spacial score (nSPS) is 27.0. The number of carbonyl (C=O) groups is 2. The number of benzene rings is 1. The molecule has 2 saturated heterocycles. The third-order valence-electron chi connectivity index (χ3n) is 4.34. The first-order valence-corrected chi connectivity index (χ1v) is 6.54. The lowest BCUT2D eigenvalue weighted by atomic mass is 9.55. The van der Waals surface area contributed by atoms with Gasteiger partial charge in [-0.25, -0.2) is 0 Å². The summed E-state index contributed by atoms with van der Waals surface area (Å²) in [6.07, 6.45) is 6.13. The molecule has 1 aliphatic carbocycles. The van der Waals surface area contributed by atoms with Gasteiger partial charge in [-0.05, 0) is 18.4 Å². The molecule has 2 aliphatic heterocycles. The summed E-state index contributed by atoms with van der Waals surface area (Å²) in [5.74, 6) is 1.66. The summed E-state index contributed by atoms with van der Waals surface area (Å²) < 4.78 is 0. The minimum absolute atomic E-state index is 0.0224. The number of fused-ring (bicyclic) bond motifs is 2. The average Bonchev–Trinajstić information content (AvgIpc) is 2.42. The summed E-state index contributed by atoms with van der Waals surface area (Å²) in [6, 6.07) is 5.95. The number of hydrogen-bond acceptors (Lipinski definition) is 4. The Hall–Kier alpha value is -2.68. The molecule has 0 atom stereocenters. The van der Waals surface area contributed by atoms with Crippen LogP contribution in [0.5, 0.6) is 0 Å². The van der Waals surface area contributed by atoms with Gasteiger partial charge in [-0.2, -0.15) is 0 Å². The first-order chi connectivity index (χ1) is 9.99. The predicted molar refractivity (Wildman–Crippen MR) is 73.1 cm³/mol. The smallest absolute Gasteiger partial charge is 0.269 e. The number of amides is 2. The number of nitro benzene ring substituents is 1. The molecule has 6 nitrogen and oxygen atoms in total. The van der Waals surface area contributed by atoms with Crippen LogP contribution >= 0.6 is 0 Å². The van der Waals surface area contributed by atoms with Crippen molar-refractivity contribution in [1.82, 2.24) is 4.90 Å². The maximum Gasteiger partial charge on any atom is 0.269 e. The fourth-order valence-electron chi connectivity index (χ4n) is 3.21. The van der Waals surface area contributed by atoms with Crippen molar-refractivity contribution in [3.8, 4) is 12.3 Å². The second-order valence-electron chi connectivity index (χ2n) is 5.42. The zero-order chi connectivity index (χ0) is 15.2. The molecular formula is C15H12N2O4. The molecule has 106 valence electrons. The zero-order valence-electron chi connectivity index (χ0n) is 11.1. The summed E-state index contributed by atoms with van der Waals surface area (Å²) in [7, 11) is 0. The van der Waals surface area contributed by atoms with Gasteiger partial charge in [-0.15, -0.1) is 6.42 Å². The van der Waals surface area contributed by atoms with Gasteiger partial charge in [0.15, 0.2) is 0 Å². The van der Waals surface area contributed by atoms with E-state index >= 15 is 0 Å². The van der Waals surface area contributed by atoms with E-state index in [1.165, 1.54) is 12.1 Å². The Morgan fingerprint density at radius 2 is 1.95 bits per heavy atom. The van der Waals surface area contributed by atoms with E-state index in [0.29, 0.717) is 18.4 Å². The van der Waals surface area contributed by atoms with Crippen molar-refractivity contribution in [2.45, 2.75) is 18.3 Å². The van der Waals surface area contributed by atoms with Crippen LogP contribution in [0.3, 0.4) is 0 Å². The number of terminal acetylenes is 1. The lowest BCUT2D eigenvalue weighted by molar-refractivity contribution is -0.384. The first kappa shape index (κ1) is 13.3. The molecule has 0 unspecified atom stereocenters. The van der Waals surface area contributed by atoms with E-state index in [9.17, 15) is 19.7 Å². The Morgan fingerprint density at radius 3 is 2.48 bits per heavy atom. The van der Waals surface area contributed by atoms with E-state index < -0.39 is 10.3 Å². The SMILES string of the molecule is C#CCN1C(=O)C2CC(c3ccc([N+](=O)[O-])cc3)(C2)C1=O.